The van der Waals surface area contributed by atoms with Crippen molar-refractivity contribution < 1.29 is 13.2 Å². The molecule has 0 saturated carbocycles. The van der Waals surface area contributed by atoms with Crippen molar-refractivity contribution in [1.29, 1.82) is 0 Å². The molecular formula is C11H13F3N2. The summed E-state index contributed by atoms with van der Waals surface area (Å²) in [5.41, 5.74) is -0.0408. The van der Waals surface area contributed by atoms with Crippen molar-refractivity contribution >= 4 is 5.69 Å². The van der Waals surface area contributed by atoms with E-state index in [-0.39, 0.29) is 0 Å². The number of pyridine rings is 1. The highest BCUT2D eigenvalue weighted by molar-refractivity contribution is 5.45. The van der Waals surface area contributed by atoms with Gasteiger partial charge in [0, 0.05) is 13.1 Å². The van der Waals surface area contributed by atoms with Crippen molar-refractivity contribution in [2.45, 2.75) is 25.4 Å². The zero-order valence-electron chi connectivity index (χ0n) is 8.80. The topological polar surface area (TPSA) is 16.1 Å². The summed E-state index contributed by atoms with van der Waals surface area (Å²) in [5.74, 6) is 0. The molecule has 88 valence electrons. The van der Waals surface area contributed by atoms with E-state index in [0.29, 0.717) is 0 Å². The Hall–Kier alpha value is -1.26. The van der Waals surface area contributed by atoms with E-state index < -0.39 is 11.9 Å². The van der Waals surface area contributed by atoms with Crippen LogP contribution in [0.3, 0.4) is 0 Å². The lowest BCUT2D eigenvalue weighted by Gasteiger charge is -2.28. The van der Waals surface area contributed by atoms with E-state index in [1.165, 1.54) is 18.7 Å². The first-order valence-electron chi connectivity index (χ1n) is 5.35. The van der Waals surface area contributed by atoms with Gasteiger partial charge in [-0.05, 0) is 31.4 Å². The monoisotopic (exact) mass is 230 g/mol. The van der Waals surface area contributed by atoms with Gasteiger partial charge in [-0.3, -0.25) is 0 Å². The Labute approximate surface area is 92.1 Å². The largest absolute Gasteiger partial charge is 0.433 e. The average Bonchev–Trinajstić information content (AvgIpc) is 2.29. The van der Waals surface area contributed by atoms with Crippen LogP contribution in [-0.4, -0.2) is 18.1 Å². The van der Waals surface area contributed by atoms with Gasteiger partial charge in [0.15, 0.2) is 0 Å². The minimum atomic E-state index is -4.35. The number of aromatic nitrogens is 1. The number of anilines is 1. The number of hydrogen-bond donors (Lipinski definition) is 0. The molecular weight excluding hydrogens is 217 g/mol. The van der Waals surface area contributed by atoms with Crippen LogP contribution < -0.4 is 4.90 Å². The summed E-state index contributed by atoms with van der Waals surface area (Å²) in [6.45, 7) is 1.82. The summed E-state index contributed by atoms with van der Waals surface area (Å²) in [6, 6.07) is 2.55. The van der Waals surface area contributed by atoms with Crippen LogP contribution >= 0.6 is 0 Å². The van der Waals surface area contributed by atoms with E-state index in [4.69, 9.17) is 0 Å². The second-order valence-corrected chi connectivity index (χ2v) is 3.95. The lowest BCUT2D eigenvalue weighted by atomic mass is 10.1. The summed E-state index contributed by atoms with van der Waals surface area (Å²) < 4.78 is 36.9. The molecule has 1 aliphatic rings. The van der Waals surface area contributed by atoms with Gasteiger partial charge in [0.05, 0.1) is 11.9 Å². The molecule has 0 unspecified atom stereocenters. The molecule has 2 heterocycles. The SMILES string of the molecule is FC(F)(F)c1ccc(N2CCCCC2)cn1. The fourth-order valence-corrected chi connectivity index (χ4v) is 1.89. The third kappa shape index (κ3) is 2.46. The van der Waals surface area contributed by atoms with Crippen LogP contribution in [0.25, 0.3) is 0 Å². The van der Waals surface area contributed by atoms with Gasteiger partial charge in [0.25, 0.3) is 0 Å². The van der Waals surface area contributed by atoms with Crippen molar-refractivity contribution in [3.05, 3.63) is 24.0 Å². The average molecular weight is 230 g/mol. The van der Waals surface area contributed by atoms with Gasteiger partial charge in [-0.25, -0.2) is 4.98 Å². The molecule has 0 spiro atoms. The van der Waals surface area contributed by atoms with Crippen LogP contribution in [0.15, 0.2) is 18.3 Å². The van der Waals surface area contributed by atoms with Gasteiger partial charge in [0.2, 0.25) is 0 Å². The van der Waals surface area contributed by atoms with Crippen LogP contribution in [0.4, 0.5) is 18.9 Å². The predicted molar refractivity (Wildman–Crippen MR) is 55.3 cm³/mol. The molecule has 1 saturated heterocycles. The third-order valence-electron chi connectivity index (χ3n) is 2.76. The number of halogens is 3. The summed E-state index contributed by atoms with van der Waals surface area (Å²) in [7, 11) is 0. The molecule has 1 aromatic rings. The van der Waals surface area contributed by atoms with Crippen LogP contribution in [-0.2, 0) is 6.18 Å². The molecule has 0 atom stereocenters. The lowest BCUT2D eigenvalue weighted by molar-refractivity contribution is -0.141. The Bertz CT molecular complexity index is 339. The fraction of sp³-hybridized carbons (Fsp3) is 0.545. The molecule has 2 nitrogen and oxygen atoms in total. The Morgan fingerprint density at radius 3 is 2.25 bits per heavy atom. The molecule has 5 heteroatoms. The van der Waals surface area contributed by atoms with Crippen LogP contribution in [0.2, 0.25) is 0 Å². The number of alkyl halides is 3. The molecule has 0 radical (unpaired) electrons. The maximum absolute atomic E-state index is 12.3. The predicted octanol–water partition coefficient (Wildman–Crippen LogP) is 3.09. The summed E-state index contributed by atoms with van der Waals surface area (Å²) >= 11 is 0. The minimum absolute atomic E-state index is 0.785. The Balaban J connectivity index is 2.12. The van der Waals surface area contributed by atoms with Crippen molar-refractivity contribution in [2.24, 2.45) is 0 Å². The summed E-state index contributed by atoms with van der Waals surface area (Å²) in [5, 5.41) is 0. The standard InChI is InChI=1S/C11H13F3N2/c12-11(13,14)10-5-4-9(8-15-10)16-6-2-1-3-7-16/h4-5,8H,1-3,6-7H2. The van der Waals surface area contributed by atoms with E-state index in [9.17, 15) is 13.2 Å². The number of rotatable bonds is 1. The van der Waals surface area contributed by atoms with Gasteiger partial charge in [-0.2, -0.15) is 13.2 Å². The zero-order chi connectivity index (χ0) is 11.6. The first-order chi connectivity index (χ1) is 7.57. The second kappa shape index (κ2) is 4.31. The first-order valence-corrected chi connectivity index (χ1v) is 5.35. The maximum atomic E-state index is 12.3. The molecule has 0 aromatic carbocycles. The smallest absolute Gasteiger partial charge is 0.370 e. The Kier molecular flexibility index (Phi) is 3.03. The number of hydrogen-bond acceptors (Lipinski definition) is 2. The lowest BCUT2D eigenvalue weighted by Crippen LogP contribution is -2.29. The number of nitrogens with zero attached hydrogens (tertiary/aromatic N) is 2. The van der Waals surface area contributed by atoms with Gasteiger partial charge >= 0.3 is 6.18 Å². The molecule has 0 N–H and O–H groups in total. The summed E-state index contributed by atoms with van der Waals surface area (Å²) in [4.78, 5) is 5.54. The Morgan fingerprint density at radius 2 is 1.75 bits per heavy atom. The molecule has 0 bridgehead atoms. The van der Waals surface area contributed by atoms with Gasteiger partial charge < -0.3 is 4.90 Å². The van der Waals surface area contributed by atoms with Gasteiger partial charge in [-0.15, -0.1) is 0 Å². The highest BCUT2D eigenvalue weighted by Crippen LogP contribution is 2.28. The van der Waals surface area contributed by atoms with Crippen LogP contribution in [0, 0.1) is 0 Å². The quantitative estimate of drug-likeness (QED) is 0.737. The normalized spacial score (nSPS) is 17.6. The van der Waals surface area contributed by atoms with Crippen molar-refractivity contribution in [3.8, 4) is 0 Å². The molecule has 1 fully saturated rings. The summed E-state index contributed by atoms with van der Waals surface area (Å²) in [6.07, 6.45) is 0.362. The molecule has 0 aliphatic carbocycles. The molecule has 1 aromatic heterocycles. The highest BCUT2D eigenvalue weighted by atomic mass is 19.4. The Morgan fingerprint density at radius 1 is 1.06 bits per heavy atom. The van der Waals surface area contributed by atoms with E-state index in [1.807, 2.05) is 0 Å². The minimum Gasteiger partial charge on any atom is -0.370 e. The first kappa shape index (κ1) is 11.2. The van der Waals surface area contributed by atoms with E-state index in [0.717, 1.165) is 37.7 Å². The van der Waals surface area contributed by atoms with Crippen LogP contribution in [0.1, 0.15) is 25.0 Å². The maximum Gasteiger partial charge on any atom is 0.433 e. The molecule has 1 aliphatic heterocycles. The molecule has 2 rings (SSSR count). The van der Waals surface area contributed by atoms with E-state index in [1.54, 1.807) is 0 Å². The molecule has 0 amide bonds. The fourth-order valence-electron chi connectivity index (χ4n) is 1.89. The van der Waals surface area contributed by atoms with Crippen molar-refractivity contribution in [3.63, 3.8) is 0 Å². The second-order valence-electron chi connectivity index (χ2n) is 3.95. The van der Waals surface area contributed by atoms with E-state index in [2.05, 4.69) is 9.88 Å². The third-order valence-corrected chi connectivity index (χ3v) is 2.76. The van der Waals surface area contributed by atoms with Gasteiger partial charge in [0.1, 0.15) is 5.69 Å². The van der Waals surface area contributed by atoms with Crippen molar-refractivity contribution in [1.82, 2.24) is 4.98 Å². The van der Waals surface area contributed by atoms with Gasteiger partial charge in [-0.1, -0.05) is 0 Å². The molecule has 16 heavy (non-hydrogen) atoms. The zero-order valence-corrected chi connectivity index (χ0v) is 8.80. The van der Waals surface area contributed by atoms with Crippen molar-refractivity contribution in [2.75, 3.05) is 18.0 Å². The van der Waals surface area contributed by atoms with Crippen LogP contribution in [0.5, 0.6) is 0 Å². The van der Waals surface area contributed by atoms with E-state index >= 15 is 0 Å². The highest BCUT2D eigenvalue weighted by Gasteiger charge is 2.32. The number of piperidine rings is 1.